The Morgan fingerprint density at radius 2 is 2.00 bits per heavy atom. The van der Waals surface area contributed by atoms with E-state index in [1.807, 2.05) is 30.3 Å². The molecule has 0 saturated carbocycles. The summed E-state index contributed by atoms with van der Waals surface area (Å²) in [7, 11) is 0. The molecule has 5 nitrogen and oxygen atoms in total. The summed E-state index contributed by atoms with van der Waals surface area (Å²) in [6, 6.07) is 17.8. The first kappa shape index (κ1) is 19.4. The number of benzene rings is 2. The topological polar surface area (TPSA) is 78.3 Å². The summed E-state index contributed by atoms with van der Waals surface area (Å²) in [5, 5.41) is 19.3. The Balaban J connectivity index is 2.04. The molecule has 0 amide bonds. The normalized spacial score (nSPS) is 10.1. The van der Waals surface area contributed by atoms with Crippen molar-refractivity contribution < 1.29 is 9.90 Å². The summed E-state index contributed by atoms with van der Waals surface area (Å²) in [6.07, 6.45) is 0. The van der Waals surface area contributed by atoms with E-state index < -0.39 is 5.97 Å². The number of carbonyl (C=O) groups is 1. The smallest absolute Gasteiger partial charge is 0.335 e. The first-order valence-corrected chi connectivity index (χ1v) is 9.43. The van der Waals surface area contributed by atoms with Crippen LogP contribution in [0, 0.1) is 17.9 Å². The molecule has 0 bridgehead atoms. The van der Waals surface area contributed by atoms with Crippen LogP contribution in [0.1, 0.15) is 21.5 Å². The van der Waals surface area contributed by atoms with E-state index in [0.29, 0.717) is 21.9 Å². The summed E-state index contributed by atoms with van der Waals surface area (Å²) in [6.45, 7) is 7.45. The van der Waals surface area contributed by atoms with Crippen molar-refractivity contribution in [2.75, 3.05) is 0 Å². The van der Waals surface area contributed by atoms with Crippen LogP contribution < -0.4 is 0 Å². The highest BCUT2D eigenvalue weighted by atomic mass is 35.5. The molecule has 3 rings (SSSR count). The standard InChI is InChI=1S/C21H12ClN3O2S/c1-24-18-17(14-7-3-2-4-8-14)16(11-23)20(25-19(18)22)28-12-13-6-5-9-15(10-13)21(26)27/h2-10H,12H2,(H,26,27). The van der Waals surface area contributed by atoms with Gasteiger partial charge < -0.3 is 5.11 Å². The van der Waals surface area contributed by atoms with Gasteiger partial charge in [-0.15, -0.1) is 11.8 Å². The van der Waals surface area contributed by atoms with Gasteiger partial charge in [0.1, 0.15) is 16.2 Å². The molecule has 0 spiro atoms. The van der Waals surface area contributed by atoms with Crippen LogP contribution in [0.3, 0.4) is 0 Å². The fourth-order valence-electron chi connectivity index (χ4n) is 2.67. The molecular weight excluding hydrogens is 394 g/mol. The van der Waals surface area contributed by atoms with Crippen LogP contribution in [0.4, 0.5) is 5.69 Å². The molecule has 0 atom stereocenters. The number of aromatic nitrogens is 1. The number of rotatable bonds is 5. The minimum Gasteiger partial charge on any atom is -0.478 e. The van der Waals surface area contributed by atoms with Gasteiger partial charge >= 0.3 is 5.97 Å². The van der Waals surface area contributed by atoms with Gasteiger partial charge in [-0.25, -0.2) is 14.6 Å². The summed E-state index contributed by atoms with van der Waals surface area (Å²) in [5.41, 5.74) is 2.56. The zero-order chi connectivity index (χ0) is 20.1. The largest absolute Gasteiger partial charge is 0.478 e. The van der Waals surface area contributed by atoms with Gasteiger partial charge in [0.15, 0.2) is 0 Å². The van der Waals surface area contributed by atoms with Crippen molar-refractivity contribution in [3.05, 3.63) is 87.9 Å². The van der Waals surface area contributed by atoms with Gasteiger partial charge in [-0.2, -0.15) is 5.26 Å². The second-order valence-corrected chi connectivity index (χ2v) is 7.01. The summed E-state index contributed by atoms with van der Waals surface area (Å²) in [4.78, 5) is 18.9. The molecule has 0 aliphatic heterocycles. The van der Waals surface area contributed by atoms with Gasteiger partial charge in [-0.3, -0.25) is 0 Å². The molecule has 136 valence electrons. The number of aromatic carboxylic acids is 1. The minimum absolute atomic E-state index is 0.0367. The molecule has 28 heavy (non-hydrogen) atoms. The summed E-state index contributed by atoms with van der Waals surface area (Å²) >= 11 is 7.51. The average molecular weight is 406 g/mol. The molecule has 0 aliphatic rings. The van der Waals surface area contributed by atoms with Crippen molar-refractivity contribution >= 4 is 35.0 Å². The Bertz CT molecular complexity index is 1130. The fraction of sp³-hybridized carbons (Fsp3) is 0.0476. The molecule has 2 aromatic carbocycles. The van der Waals surface area contributed by atoms with Gasteiger partial charge in [-0.05, 0) is 23.3 Å². The molecule has 3 aromatic rings. The van der Waals surface area contributed by atoms with Crippen LogP contribution in [-0.2, 0) is 5.75 Å². The minimum atomic E-state index is -1.00. The zero-order valence-corrected chi connectivity index (χ0v) is 16.0. The monoisotopic (exact) mass is 405 g/mol. The van der Waals surface area contributed by atoms with E-state index in [2.05, 4.69) is 15.9 Å². The lowest BCUT2D eigenvalue weighted by Crippen LogP contribution is -1.97. The number of carboxylic acid groups (broad SMARTS) is 1. The van der Waals surface area contributed by atoms with E-state index >= 15 is 0 Å². The number of hydrogen-bond donors (Lipinski definition) is 1. The Labute approximate surface area is 171 Å². The lowest BCUT2D eigenvalue weighted by molar-refractivity contribution is 0.0697. The fourth-order valence-corrected chi connectivity index (χ4v) is 3.87. The van der Waals surface area contributed by atoms with Gasteiger partial charge in [-0.1, -0.05) is 54.1 Å². The van der Waals surface area contributed by atoms with Gasteiger partial charge in [0, 0.05) is 11.3 Å². The van der Waals surface area contributed by atoms with Crippen LogP contribution in [0.2, 0.25) is 5.15 Å². The maximum atomic E-state index is 11.1. The molecule has 1 heterocycles. The van der Waals surface area contributed by atoms with Crippen molar-refractivity contribution in [2.45, 2.75) is 10.8 Å². The molecule has 7 heteroatoms. The van der Waals surface area contributed by atoms with Gasteiger partial charge in [0.25, 0.3) is 0 Å². The highest BCUT2D eigenvalue weighted by molar-refractivity contribution is 7.98. The third-order valence-corrected chi connectivity index (χ3v) is 5.24. The number of carboxylic acids is 1. The SMILES string of the molecule is [C-]#[N+]c1c(Cl)nc(SCc2cccc(C(=O)O)c2)c(C#N)c1-c1ccccc1. The van der Waals surface area contributed by atoms with Crippen molar-refractivity contribution in [3.8, 4) is 17.2 Å². The van der Waals surface area contributed by atoms with E-state index in [4.69, 9.17) is 23.3 Å². The number of nitrogens with zero attached hydrogens (tertiary/aromatic N) is 3. The Hall–Kier alpha value is -3.32. The van der Waals surface area contributed by atoms with E-state index in [0.717, 1.165) is 5.56 Å². The van der Waals surface area contributed by atoms with Crippen LogP contribution >= 0.6 is 23.4 Å². The highest BCUT2D eigenvalue weighted by Gasteiger charge is 2.21. The number of hydrogen-bond acceptors (Lipinski definition) is 4. The second-order valence-electron chi connectivity index (χ2n) is 5.69. The van der Waals surface area contributed by atoms with E-state index in [1.54, 1.807) is 18.2 Å². The summed E-state index contributed by atoms with van der Waals surface area (Å²) < 4.78 is 0. The second kappa shape index (κ2) is 8.58. The van der Waals surface area contributed by atoms with Crippen molar-refractivity contribution in [1.82, 2.24) is 4.98 Å². The van der Waals surface area contributed by atoms with Crippen LogP contribution in [0.25, 0.3) is 16.0 Å². The Kier molecular flexibility index (Phi) is 5.96. The van der Waals surface area contributed by atoms with E-state index in [1.165, 1.54) is 17.8 Å². The lowest BCUT2D eigenvalue weighted by Gasteiger charge is -2.12. The highest BCUT2D eigenvalue weighted by Crippen LogP contribution is 2.42. The van der Waals surface area contributed by atoms with Crippen molar-refractivity contribution in [3.63, 3.8) is 0 Å². The summed E-state index contributed by atoms with van der Waals surface area (Å²) in [5.74, 6) is -0.594. The van der Waals surface area contributed by atoms with Crippen LogP contribution in [0.5, 0.6) is 0 Å². The van der Waals surface area contributed by atoms with E-state index in [9.17, 15) is 10.1 Å². The Morgan fingerprint density at radius 1 is 1.25 bits per heavy atom. The predicted octanol–water partition coefficient (Wildman–Crippen LogP) is 5.81. The number of thioether (sulfide) groups is 1. The van der Waals surface area contributed by atoms with Crippen molar-refractivity contribution in [2.24, 2.45) is 0 Å². The number of pyridine rings is 1. The average Bonchev–Trinajstić information content (AvgIpc) is 2.72. The lowest BCUT2D eigenvalue weighted by atomic mass is 10.0. The Morgan fingerprint density at radius 3 is 2.64 bits per heavy atom. The van der Waals surface area contributed by atoms with Crippen LogP contribution in [-0.4, -0.2) is 16.1 Å². The van der Waals surface area contributed by atoms with Gasteiger partial charge in [0.05, 0.1) is 17.7 Å². The molecular formula is C21H12ClN3O2S. The predicted molar refractivity (Wildman–Crippen MR) is 109 cm³/mol. The molecule has 0 radical (unpaired) electrons. The maximum Gasteiger partial charge on any atom is 0.335 e. The molecule has 1 N–H and O–H groups in total. The molecule has 0 aliphatic carbocycles. The maximum absolute atomic E-state index is 11.1. The third-order valence-electron chi connectivity index (χ3n) is 3.93. The molecule has 0 saturated heterocycles. The molecule has 1 aromatic heterocycles. The molecule has 0 unspecified atom stereocenters. The number of halogens is 1. The van der Waals surface area contributed by atoms with Crippen molar-refractivity contribution in [1.29, 1.82) is 5.26 Å². The first-order valence-electron chi connectivity index (χ1n) is 8.06. The quantitative estimate of drug-likeness (QED) is 0.329. The van der Waals surface area contributed by atoms with Crippen LogP contribution in [0.15, 0.2) is 59.6 Å². The molecule has 0 fully saturated rings. The zero-order valence-electron chi connectivity index (χ0n) is 14.4. The third kappa shape index (κ3) is 3.99. The first-order chi connectivity index (χ1) is 13.5. The number of nitriles is 1. The van der Waals surface area contributed by atoms with Gasteiger partial charge in [0.2, 0.25) is 5.69 Å². The van der Waals surface area contributed by atoms with E-state index in [-0.39, 0.29) is 22.0 Å².